The summed E-state index contributed by atoms with van der Waals surface area (Å²) in [7, 11) is 1.59. The molecule has 2 amide bonds. The minimum absolute atomic E-state index is 0.193. The molecule has 190 valence electrons. The number of hydrogen-bond donors (Lipinski definition) is 2. The number of aromatic nitrogens is 2. The number of thiophene rings is 1. The molecule has 8 heteroatoms. The number of nitrogens with one attached hydrogen (secondary N) is 2. The van der Waals surface area contributed by atoms with E-state index in [0.717, 1.165) is 36.1 Å². The van der Waals surface area contributed by atoms with Crippen molar-refractivity contribution in [3.63, 3.8) is 0 Å². The first kappa shape index (κ1) is 26.9. The monoisotopic (exact) mass is 498 g/mol. The zero-order valence-electron chi connectivity index (χ0n) is 21.5. The molecule has 0 fully saturated rings. The van der Waals surface area contributed by atoms with Gasteiger partial charge in [0.05, 0.1) is 17.6 Å². The van der Waals surface area contributed by atoms with Gasteiger partial charge in [0.25, 0.3) is 5.91 Å². The van der Waals surface area contributed by atoms with Crippen LogP contribution in [0.4, 0.5) is 0 Å². The molecule has 0 spiro atoms. The molecule has 1 unspecified atom stereocenters. The lowest BCUT2D eigenvalue weighted by atomic mass is 10.0. The van der Waals surface area contributed by atoms with Crippen molar-refractivity contribution in [2.45, 2.75) is 65.5 Å². The smallest absolute Gasteiger partial charge is 0.252 e. The molecule has 1 atom stereocenters. The highest BCUT2D eigenvalue weighted by molar-refractivity contribution is 7.09. The molecule has 0 aliphatic heterocycles. The highest BCUT2D eigenvalue weighted by Gasteiger charge is 2.24. The maximum absolute atomic E-state index is 13.2. The van der Waals surface area contributed by atoms with Crippen molar-refractivity contribution in [3.05, 3.63) is 52.0 Å². The van der Waals surface area contributed by atoms with Crippen LogP contribution >= 0.6 is 11.3 Å². The van der Waals surface area contributed by atoms with E-state index in [1.165, 1.54) is 4.88 Å². The first-order chi connectivity index (χ1) is 16.9. The number of imidazole rings is 1. The van der Waals surface area contributed by atoms with Gasteiger partial charge < -0.3 is 19.9 Å². The molecule has 3 rings (SSSR count). The quantitative estimate of drug-likeness (QED) is 0.326. The molecule has 0 aliphatic rings. The molecule has 3 aromatic rings. The second-order valence-electron chi connectivity index (χ2n) is 9.27. The third-order valence-electron chi connectivity index (χ3n) is 6.18. The van der Waals surface area contributed by atoms with Crippen LogP contribution in [0.5, 0.6) is 0 Å². The Kier molecular flexibility index (Phi) is 9.86. The van der Waals surface area contributed by atoms with Gasteiger partial charge in [0, 0.05) is 36.6 Å². The lowest BCUT2D eigenvalue weighted by molar-refractivity contribution is -0.123. The predicted molar refractivity (Wildman–Crippen MR) is 142 cm³/mol. The summed E-state index contributed by atoms with van der Waals surface area (Å²) in [6, 6.07) is 9.61. The van der Waals surface area contributed by atoms with Crippen LogP contribution in [0, 0.1) is 5.92 Å². The molecule has 35 heavy (non-hydrogen) atoms. The maximum Gasteiger partial charge on any atom is 0.252 e. The predicted octanol–water partition coefficient (Wildman–Crippen LogP) is 4.96. The SMILES string of the molecule is CCC(CC)n1c(Cc2cccs2)nc2cc(C(=O)NC(CC(C)C)C(=O)NCCOC)ccc21. The van der Waals surface area contributed by atoms with Crippen LogP contribution in [0.3, 0.4) is 0 Å². The fraction of sp³-hybridized carbons (Fsp3) is 0.519. The Labute approximate surface area is 212 Å². The van der Waals surface area contributed by atoms with Crippen LogP contribution < -0.4 is 10.6 Å². The zero-order chi connectivity index (χ0) is 25.4. The number of benzene rings is 1. The van der Waals surface area contributed by atoms with Crippen molar-refractivity contribution >= 4 is 34.2 Å². The fourth-order valence-corrected chi connectivity index (χ4v) is 5.09. The van der Waals surface area contributed by atoms with E-state index in [9.17, 15) is 9.59 Å². The van der Waals surface area contributed by atoms with Gasteiger partial charge in [-0.3, -0.25) is 9.59 Å². The summed E-state index contributed by atoms with van der Waals surface area (Å²) in [5.74, 6) is 0.813. The second-order valence-corrected chi connectivity index (χ2v) is 10.3. The van der Waals surface area contributed by atoms with Gasteiger partial charge in [-0.2, -0.15) is 0 Å². The molecule has 2 heterocycles. The molecular formula is C27H38N4O3S. The van der Waals surface area contributed by atoms with Gasteiger partial charge in [0.1, 0.15) is 11.9 Å². The summed E-state index contributed by atoms with van der Waals surface area (Å²) >= 11 is 1.73. The number of carbonyl (C=O) groups excluding carboxylic acids is 2. The zero-order valence-corrected chi connectivity index (χ0v) is 22.3. The van der Waals surface area contributed by atoms with E-state index in [1.807, 2.05) is 32.0 Å². The molecule has 0 saturated carbocycles. The molecule has 2 aromatic heterocycles. The van der Waals surface area contributed by atoms with E-state index < -0.39 is 6.04 Å². The van der Waals surface area contributed by atoms with E-state index in [4.69, 9.17) is 9.72 Å². The minimum atomic E-state index is -0.605. The Balaban J connectivity index is 1.88. The third kappa shape index (κ3) is 6.92. The first-order valence-corrected chi connectivity index (χ1v) is 13.4. The maximum atomic E-state index is 13.2. The standard InChI is InChI=1S/C27H38N4O3S/c1-6-20(7-2)31-24-11-10-19(16-22(24)29-25(31)17-21-9-8-14-35-21)26(32)30-23(15-18(3)4)27(33)28-12-13-34-5/h8-11,14,16,18,20,23H,6-7,12-13,15,17H2,1-5H3,(H,28,33)(H,30,32). The van der Waals surface area contributed by atoms with Crippen LogP contribution in [-0.2, 0) is 16.0 Å². The first-order valence-electron chi connectivity index (χ1n) is 12.5. The van der Waals surface area contributed by atoms with Gasteiger partial charge in [-0.1, -0.05) is 33.8 Å². The summed E-state index contributed by atoms with van der Waals surface area (Å²) < 4.78 is 7.35. The number of hydrogen-bond acceptors (Lipinski definition) is 5. The van der Waals surface area contributed by atoms with Crippen LogP contribution in [0.2, 0.25) is 0 Å². The van der Waals surface area contributed by atoms with Crippen LogP contribution in [0.15, 0.2) is 35.7 Å². The number of methoxy groups -OCH3 is 1. The van der Waals surface area contributed by atoms with E-state index in [2.05, 4.69) is 46.6 Å². The van der Waals surface area contributed by atoms with Crippen molar-refractivity contribution < 1.29 is 14.3 Å². The molecule has 2 N–H and O–H groups in total. The van der Waals surface area contributed by atoms with Crippen molar-refractivity contribution in [2.75, 3.05) is 20.3 Å². The van der Waals surface area contributed by atoms with Crippen molar-refractivity contribution in [2.24, 2.45) is 5.92 Å². The summed E-state index contributed by atoms with van der Waals surface area (Å²) in [4.78, 5) is 32.1. The van der Waals surface area contributed by atoms with Crippen molar-refractivity contribution in [3.8, 4) is 0 Å². The number of nitrogens with zero attached hydrogens (tertiary/aromatic N) is 2. The van der Waals surface area contributed by atoms with E-state index in [0.29, 0.717) is 31.2 Å². The average molecular weight is 499 g/mol. The normalized spacial score (nSPS) is 12.4. The highest BCUT2D eigenvalue weighted by Crippen LogP contribution is 2.28. The summed E-state index contributed by atoms with van der Waals surface area (Å²) in [5, 5.41) is 7.86. The fourth-order valence-electron chi connectivity index (χ4n) is 4.39. The molecule has 1 aromatic carbocycles. The van der Waals surface area contributed by atoms with Crippen LogP contribution in [0.25, 0.3) is 11.0 Å². The number of fused-ring (bicyclic) bond motifs is 1. The topological polar surface area (TPSA) is 85.2 Å². The Bertz CT molecular complexity index is 1100. The third-order valence-corrected chi connectivity index (χ3v) is 7.06. The average Bonchev–Trinajstić information content (AvgIpc) is 3.47. The minimum Gasteiger partial charge on any atom is -0.383 e. The number of ether oxygens (including phenoxy) is 1. The summed E-state index contributed by atoms with van der Waals surface area (Å²) in [6.07, 6.45) is 3.34. The molecule has 0 saturated heterocycles. The lowest BCUT2D eigenvalue weighted by Crippen LogP contribution is -2.48. The molecule has 0 aliphatic carbocycles. The molecule has 0 bridgehead atoms. The van der Waals surface area contributed by atoms with Crippen LogP contribution in [0.1, 0.15) is 74.1 Å². The molecule has 7 nitrogen and oxygen atoms in total. The second kappa shape index (κ2) is 12.8. The largest absolute Gasteiger partial charge is 0.383 e. The van der Waals surface area contributed by atoms with E-state index >= 15 is 0 Å². The van der Waals surface area contributed by atoms with E-state index in [1.54, 1.807) is 18.4 Å². The lowest BCUT2D eigenvalue weighted by Gasteiger charge is -2.20. The Hall–Kier alpha value is -2.71. The Morgan fingerprint density at radius 2 is 1.94 bits per heavy atom. The van der Waals surface area contributed by atoms with Gasteiger partial charge in [0.2, 0.25) is 5.91 Å². The van der Waals surface area contributed by atoms with Gasteiger partial charge >= 0.3 is 0 Å². The van der Waals surface area contributed by atoms with Gasteiger partial charge in [0.15, 0.2) is 0 Å². The van der Waals surface area contributed by atoms with Gasteiger partial charge in [-0.15, -0.1) is 11.3 Å². The summed E-state index contributed by atoms with van der Waals surface area (Å²) in [5.41, 5.74) is 2.35. The Morgan fingerprint density at radius 1 is 1.17 bits per heavy atom. The summed E-state index contributed by atoms with van der Waals surface area (Å²) in [6.45, 7) is 9.30. The highest BCUT2D eigenvalue weighted by atomic mass is 32.1. The molecular weight excluding hydrogens is 460 g/mol. The van der Waals surface area contributed by atoms with Gasteiger partial charge in [-0.05, 0) is 54.8 Å². The number of amides is 2. The number of rotatable bonds is 13. The van der Waals surface area contributed by atoms with Gasteiger partial charge in [-0.25, -0.2) is 4.98 Å². The number of carbonyl (C=O) groups is 2. The van der Waals surface area contributed by atoms with E-state index in [-0.39, 0.29) is 17.7 Å². The molecule has 0 radical (unpaired) electrons. The van der Waals surface area contributed by atoms with Crippen molar-refractivity contribution in [1.82, 2.24) is 20.2 Å². The van der Waals surface area contributed by atoms with Crippen LogP contribution in [-0.4, -0.2) is 47.7 Å². The Morgan fingerprint density at radius 3 is 2.57 bits per heavy atom. The van der Waals surface area contributed by atoms with Crippen molar-refractivity contribution in [1.29, 1.82) is 0 Å².